The zero-order valence-corrected chi connectivity index (χ0v) is 10.2. The fraction of sp³-hybridized carbons (Fsp3) is 0.500. The summed E-state index contributed by atoms with van der Waals surface area (Å²) in [4.78, 5) is 0. The first-order chi connectivity index (χ1) is 8.54. The highest BCUT2D eigenvalue weighted by Crippen LogP contribution is 2.36. The molecule has 2 nitrogen and oxygen atoms in total. The molecule has 1 aliphatic rings. The summed E-state index contributed by atoms with van der Waals surface area (Å²) in [5, 5.41) is 9.13. The van der Waals surface area contributed by atoms with E-state index >= 15 is 0 Å². The van der Waals surface area contributed by atoms with Gasteiger partial charge in [0.1, 0.15) is 5.41 Å². The molecular formula is C14H15F2NO. The number of ether oxygens (including phenoxy) is 1. The fourth-order valence-electron chi connectivity index (χ4n) is 2.09. The second kappa shape index (κ2) is 4.66. The van der Waals surface area contributed by atoms with E-state index in [9.17, 15) is 8.78 Å². The third kappa shape index (κ3) is 2.11. The highest BCUT2D eigenvalue weighted by Gasteiger charge is 2.41. The highest BCUT2D eigenvalue weighted by molar-refractivity contribution is 5.38. The molecule has 1 heterocycles. The van der Waals surface area contributed by atoms with Gasteiger partial charge in [-0.3, -0.25) is 0 Å². The molecule has 0 amide bonds. The lowest BCUT2D eigenvalue weighted by Gasteiger charge is -2.35. The maximum Gasteiger partial charge on any atom is 0.273 e. The van der Waals surface area contributed by atoms with Gasteiger partial charge in [-0.05, 0) is 5.56 Å². The molecule has 0 aliphatic carbocycles. The van der Waals surface area contributed by atoms with Gasteiger partial charge in [0.05, 0.1) is 19.3 Å². The van der Waals surface area contributed by atoms with Gasteiger partial charge < -0.3 is 4.74 Å². The van der Waals surface area contributed by atoms with Crippen molar-refractivity contribution in [3.05, 3.63) is 35.4 Å². The molecule has 96 valence electrons. The van der Waals surface area contributed by atoms with E-state index in [1.165, 1.54) is 12.1 Å². The second-order valence-corrected chi connectivity index (χ2v) is 4.72. The molecular weight excluding hydrogens is 236 g/mol. The number of alkyl halides is 2. The van der Waals surface area contributed by atoms with Crippen molar-refractivity contribution in [2.45, 2.75) is 31.1 Å². The lowest BCUT2D eigenvalue weighted by Crippen LogP contribution is -2.45. The molecule has 0 aromatic heterocycles. The molecule has 0 spiro atoms. The van der Waals surface area contributed by atoms with E-state index in [1.54, 1.807) is 19.1 Å². The minimum Gasteiger partial charge on any atom is -0.377 e. The van der Waals surface area contributed by atoms with Crippen molar-refractivity contribution in [2.75, 3.05) is 13.2 Å². The zero-order chi connectivity index (χ0) is 13.2. The molecule has 4 heteroatoms. The van der Waals surface area contributed by atoms with E-state index in [0.29, 0.717) is 19.6 Å². The molecule has 1 aromatic rings. The number of rotatable bonds is 4. The van der Waals surface area contributed by atoms with Gasteiger partial charge in [-0.25, -0.2) is 8.78 Å². The van der Waals surface area contributed by atoms with Gasteiger partial charge in [0.25, 0.3) is 5.92 Å². The van der Waals surface area contributed by atoms with Crippen LogP contribution in [-0.2, 0) is 16.1 Å². The molecule has 1 aromatic carbocycles. The zero-order valence-electron chi connectivity index (χ0n) is 10.2. The van der Waals surface area contributed by atoms with Crippen molar-refractivity contribution in [1.29, 1.82) is 5.26 Å². The minimum atomic E-state index is -2.79. The monoisotopic (exact) mass is 251 g/mol. The predicted molar refractivity (Wildman–Crippen MR) is 63.4 cm³/mol. The molecule has 0 atom stereocenters. The summed E-state index contributed by atoms with van der Waals surface area (Å²) in [7, 11) is 0. The first kappa shape index (κ1) is 13.0. The molecule has 1 saturated heterocycles. The average molecular weight is 251 g/mol. The van der Waals surface area contributed by atoms with Crippen LogP contribution in [0.4, 0.5) is 8.78 Å². The van der Waals surface area contributed by atoms with Crippen LogP contribution in [0.1, 0.15) is 30.9 Å². The van der Waals surface area contributed by atoms with E-state index in [0.717, 1.165) is 5.56 Å². The SMILES string of the molecule is CCCC(F)(F)c1ccc(C2(C#N)COC2)cc1. The summed E-state index contributed by atoms with van der Waals surface area (Å²) in [6.45, 7) is 2.42. The number of benzene rings is 1. The van der Waals surface area contributed by atoms with Crippen molar-refractivity contribution >= 4 is 0 Å². The van der Waals surface area contributed by atoms with Crippen molar-refractivity contribution in [3.63, 3.8) is 0 Å². The maximum atomic E-state index is 13.7. The predicted octanol–water partition coefficient (Wildman–Crippen LogP) is 3.37. The Morgan fingerprint density at radius 2 is 1.94 bits per heavy atom. The Bertz CT molecular complexity index is 458. The molecule has 0 bridgehead atoms. The summed E-state index contributed by atoms with van der Waals surface area (Å²) in [5.41, 5.74) is 0.132. The maximum absolute atomic E-state index is 13.7. The fourth-order valence-corrected chi connectivity index (χ4v) is 2.09. The first-order valence-corrected chi connectivity index (χ1v) is 6.02. The van der Waals surface area contributed by atoms with Gasteiger partial charge in [0.15, 0.2) is 0 Å². The topological polar surface area (TPSA) is 33.0 Å². The molecule has 0 saturated carbocycles. The van der Waals surface area contributed by atoms with E-state index in [-0.39, 0.29) is 12.0 Å². The lowest BCUT2D eigenvalue weighted by molar-refractivity contribution is -0.0301. The van der Waals surface area contributed by atoms with Crippen LogP contribution in [0.2, 0.25) is 0 Å². The Hall–Kier alpha value is -1.47. The third-order valence-corrected chi connectivity index (χ3v) is 3.33. The van der Waals surface area contributed by atoms with Crippen LogP contribution in [0.25, 0.3) is 0 Å². The van der Waals surface area contributed by atoms with Crippen LogP contribution in [0.5, 0.6) is 0 Å². The number of halogens is 2. The molecule has 0 radical (unpaired) electrons. The molecule has 1 fully saturated rings. The number of nitrogens with zero attached hydrogens (tertiary/aromatic N) is 1. The summed E-state index contributed by atoms with van der Waals surface area (Å²) in [5.74, 6) is -2.79. The van der Waals surface area contributed by atoms with Crippen molar-refractivity contribution in [3.8, 4) is 6.07 Å². The largest absolute Gasteiger partial charge is 0.377 e. The van der Waals surface area contributed by atoms with Crippen molar-refractivity contribution in [1.82, 2.24) is 0 Å². The van der Waals surface area contributed by atoms with E-state index in [4.69, 9.17) is 10.00 Å². The summed E-state index contributed by atoms with van der Waals surface area (Å²) in [6.07, 6.45) is 0.281. The van der Waals surface area contributed by atoms with Crippen molar-refractivity contribution < 1.29 is 13.5 Å². The van der Waals surface area contributed by atoms with Crippen molar-refractivity contribution in [2.24, 2.45) is 0 Å². The van der Waals surface area contributed by atoms with Crippen LogP contribution in [0, 0.1) is 11.3 Å². The van der Waals surface area contributed by atoms with Crippen LogP contribution < -0.4 is 0 Å². The smallest absolute Gasteiger partial charge is 0.273 e. The minimum absolute atomic E-state index is 0.0152. The molecule has 0 unspecified atom stereocenters. The summed E-state index contributed by atoms with van der Waals surface area (Å²) < 4.78 is 32.4. The van der Waals surface area contributed by atoms with Crippen LogP contribution in [0.15, 0.2) is 24.3 Å². The van der Waals surface area contributed by atoms with Crippen LogP contribution >= 0.6 is 0 Å². The average Bonchev–Trinajstić information content (AvgIpc) is 2.29. The molecule has 0 N–H and O–H groups in total. The Morgan fingerprint density at radius 3 is 2.33 bits per heavy atom. The summed E-state index contributed by atoms with van der Waals surface area (Å²) in [6, 6.07) is 8.27. The summed E-state index contributed by atoms with van der Waals surface area (Å²) >= 11 is 0. The van der Waals surface area contributed by atoms with Crippen LogP contribution in [-0.4, -0.2) is 13.2 Å². The number of hydrogen-bond donors (Lipinski definition) is 0. The van der Waals surface area contributed by atoms with Crippen LogP contribution in [0.3, 0.4) is 0 Å². The normalized spacial score (nSPS) is 17.9. The van der Waals surface area contributed by atoms with Gasteiger partial charge in [-0.15, -0.1) is 0 Å². The van der Waals surface area contributed by atoms with Gasteiger partial charge in [0.2, 0.25) is 0 Å². The molecule has 1 aliphatic heterocycles. The first-order valence-electron chi connectivity index (χ1n) is 6.02. The standard InChI is InChI=1S/C14H15F2NO/c1-2-7-14(15,16)12-5-3-11(4-6-12)13(8-17)9-18-10-13/h3-6H,2,7,9-10H2,1H3. The van der Waals surface area contributed by atoms with Gasteiger partial charge in [-0.2, -0.15) is 5.26 Å². The second-order valence-electron chi connectivity index (χ2n) is 4.72. The quantitative estimate of drug-likeness (QED) is 0.822. The van der Waals surface area contributed by atoms with E-state index in [1.807, 2.05) is 0 Å². The van der Waals surface area contributed by atoms with Gasteiger partial charge in [-0.1, -0.05) is 37.6 Å². The molecule has 2 rings (SSSR count). The Morgan fingerprint density at radius 1 is 1.33 bits per heavy atom. The number of hydrogen-bond acceptors (Lipinski definition) is 2. The lowest BCUT2D eigenvalue weighted by atomic mass is 9.80. The van der Waals surface area contributed by atoms with E-state index in [2.05, 4.69) is 6.07 Å². The Labute approximate surface area is 105 Å². The van der Waals surface area contributed by atoms with Gasteiger partial charge in [0, 0.05) is 12.0 Å². The number of nitriles is 1. The Balaban J connectivity index is 2.23. The van der Waals surface area contributed by atoms with Gasteiger partial charge >= 0.3 is 0 Å². The highest BCUT2D eigenvalue weighted by atomic mass is 19.3. The Kier molecular flexibility index (Phi) is 3.36. The van der Waals surface area contributed by atoms with E-state index < -0.39 is 11.3 Å². The molecule has 18 heavy (non-hydrogen) atoms. The third-order valence-electron chi connectivity index (χ3n) is 3.33.